The molecule has 3 N–H and O–H groups in total. The van der Waals surface area contributed by atoms with Crippen LogP contribution in [0.2, 0.25) is 0 Å². The number of hydrogen-bond donors (Lipinski definition) is 2. The van der Waals surface area contributed by atoms with Crippen LogP contribution in [0.15, 0.2) is 12.3 Å². The molecule has 5 nitrogen and oxygen atoms in total. The number of rotatable bonds is 3. The van der Waals surface area contributed by atoms with E-state index in [1.54, 1.807) is 4.68 Å². The summed E-state index contributed by atoms with van der Waals surface area (Å²) >= 11 is 0. The first-order chi connectivity index (χ1) is 6.81. The minimum absolute atomic E-state index is 0.110. The molecule has 1 aliphatic heterocycles. The molecular weight excluding hydrogens is 180 g/mol. The van der Waals surface area contributed by atoms with E-state index in [4.69, 9.17) is 10.6 Å². The molecule has 2 heterocycles. The molecule has 0 aliphatic carbocycles. The fourth-order valence-electron chi connectivity index (χ4n) is 1.88. The van der Waals surface area contributed by atoms with Crippen LogP contribution in [-0.2, 0) is 11.8 Å². The summed E-state index contributed by atoms with van der Waals surface area (Å²) in [4.78, 5) is 0. The van der Waals surface area contributed by atoms with Crippen LogP contribution in [0.25, 0.3) is 0 Å². The Kier molecular flexibility index (Phi) is 2.81. The molecule has 2 rings (SSSR count). The quantitative estimate of drug-likeness (QED) is 0.526. The summed E-state index contributed by atoms with van der Waals surface area (Å²) in [6, 6.07) is 2.10. The third kappa shape index (κ3) is 1.79. The molecule has 0 amide bonds. The topological polar surface area (TPSA) is 65.1 Å². The standard InChI is InChI=1S/C9H16N4O/c1-13-4-2-8(12-13)9(11-10)7-3-5-14-6-7/h2,4,7,9,11H,3,5-6,10H2,1H3. The van der Waals surface area contributed by atoms with Crippen molar-refractivity contribution in [1.82, 2.24) is 15.2 Å². The lowest BCUT2D eigenvalue weighted by Gasteiger charge is -2.18. The van der Waals surface area contributed by atoms with Crippen molar-refractivity contribution in [2.45, 2.75) is 12.5 Å². The maximum atomic E-state index is 5.54. The van der Waals surface area contributed by atoms with Crippen molar-refractivity contribution in [2.24, 2.45) is 18.8 Å². The summed E-state index contributed by atoms with van der Waals surface area (Å²) < 4.78 is 7.13. The number of hydrazine groups is 1. The van der Waals surface area contributed by atoms with Gasteiger partial charge in [-0.05, 0) is 12.5 Å². The highest BCUT2D eigenvalue weighted by Crippen LogP contribution is 2.26. The number of aromatic nitrogens is 2. The second-order valence-electron chi connectivity index (χ2n) is 3.68. The highest BCUT2D eigenvalue weighted by molar-refractivity contribution is 5.07. The number of nitrogens with one attached hydrogen (secondary N) is 1. The van der Waals surface area contributed by atoms with Gasteiger partial charge in [-0.2, -0.15) is 5.10 Å². The largest absolute Gasteiger partial charge is 0.381 e. The Morgan fingerprint density at radius 1 is 1.79 bits per heavy atom. The maximum absolute atomic E-state index is 5.54. The van der Waals surface area contributed by atoms with Gasteiger partial charge in [0.15, 0.2) is 0 Å². The van der Waals surface area contributed by atoms with E-state index in [0.717, 1.165) is 25.3 Å². The number of nitrogens with zero attached hydrogens (tertiary/aromatic N) is 2. The summed E-state index contributed by atoms with van der Waals surface area (Å²) in [7, 11) is 1.90. The Labute approximate surface area is 83.2 Å². The van der Waals surface area contributed by atoms with Gasteiger partial charge in [-0.15, -0.1) is 0 Å². The number of ether oxygens (including phenoxy) is 1. The first-order valence-electron chi connectivity index (χ1n) is 4.84. The van der Waals surface area contributed by atoms with Gasteiger partial charge in [-0.25, -0.2) is 0 Å². The Balaban J connectivity index is 2.12. The van der Waals surface area contributed by atoms with Gasteiger partial charge in [-0.1, -0.05) is 0 Å². The predicted molar refractivity (Wildman–Crippen MR) is 52.2 cm³/mol. The summed E-state index contributed by atoms with van der Waals surface area (Å²) in [5.41, 5.74) is 3.81. The smallest absolute Gasteiger partial charge is 0.0811 e. The van der Waals surface area contributed by atoms with Crippen molar-refractivity contribution in [2.75, 3.05) is 13.2 Å². The third-order valence-electron chi connectivity index (χ3n) is 2.67. The van der Waals surface area contributed by atoms with E-state index >= 15 is 0 Å². The lowest BCUT2D eigenvalue weighted by molar-refractivity contribution is 0.176. The normalized spacial score (nSPS) is 24.0. The summed E-state index contributed by atoms with van der Waals surface area (Å²) in [5.74, 6) is 5.98. The van der Waals surface area contributed by atoms with Crippen LogP contribution in [0, 0.1) is 5.92 Å². The maximum Gasteiger partial charge on any atom is 0.0811 e. The van der Waals surface area contributed by atoms with Gasteiger partial charge in [-0.3, -0.25) is 16.0 Å². The van der Waals surface area contributed by atoms with Crippen LogP contribution >= 0.6 is 0 Å². The molecule has 1 saturated heterocycles. The van der Waals surface area contributed by atoms with Gasteiger partial charge in [0, 0.05) is 25.8 Å². The molecular formula is C9H16N4O. The predicted octanol–water partition coefficient (Wildman–Crippen LogP) is -0.0390. The lowest BCUT2D eigenvalue weighted by atomic mass is 9.97. The number of aryl methyl sites for hydroxylation is 1. The minimum Gasteiger partial charge on any atom is -0.381 e. The molecule has 14 heavy (non-hydrogen) atoms. The SMILES string of the molecule is Cn1ccc(C(NN)C2CCOC2)n1. The van der Waals surface area contributed by atoms with E-state index < -0.39 is 0 Å². The van der Waals surface area contributed by atoms with Gasteiger partial charge < -0.3 is 4.74 Å². The lowest BCUT2D eigenvalue weighted by Crippen LogP contribution is -2.34. The van der Waals surface area contributed by atoms with Crippen LogP contribution in [0.1, 0.15) is 18.2 Å². The third-order valence-corrected chi connectivity index (χ3v) is 2.67. The molecule has 1 aliphatic rings. The van der Waals surface area contributed by atoms with E-state index in [1.807, 2.05) is 19.3 Å². The summed E-state index contributed by atoms with van der Waals surface area (Å²) in [5, 5.41) is 4.35. The zero-order valence-electron chi connectivity index (χ0n) is 8.31. The second kappa shape index (κ2) is 4.08. The molecule has 5 heteroatoms. The molecule has 1 aromatic rings. The Hall–Kier alpha value is -0.910. The van der Waals surface area contributed by atoms with E-state index in [-0.39, 0.29) is 6.04 Å². The van der Waals surface area contributed by atoms with Crippen LogP contribution in [0.5, 0.6) is 0 Å². The average Bonchev–Trinajstić information content (AvgIpc) is 2.79. The highest BCUT2D eigenvalue weighted by Gasteiger charge is 2.27. The van der Waals surface area contributed by atoms with Crippen molar-refractivity contribution < 1.29 is 4.74 Å². The number of nitrogens with two attached hydrogens (primary N) is 1. The summed E-state index contributed by atoms with van der Waals surface area (Å²) in [6.07, 6.45) is 2.97. The van der Waals surface area contributed by atoms with Crippen molar-refractivity contribution in [1.29, 1.82) is 0 Å². The van der Waals surface area contributed by atoms with Crippen LogP contribution in [-0.4, -0.2) is 23.0 Å². The first kappa shape index (κ1) is 9.64. The van der Waals surface area contributed by atoms with Gasteiger partial charge in [0.05, 0.1) is 18.3 Å². The zero-order valence-corrected chi connectivity index (χ0v) is 8.31. The van der Waals surface area contributed by atoms with E-state index in [1.165, 1.54) is 0 Å². The molecule has 0 spiro atoms. The van der Waals surface area contributed by atoms with E-state index in [0.29, 0.717) is 5.92 Å². The molecule has 0 radical (unpaired) electrons. The van der Waals surface area contributed by atoms with Crippen LogP contribution in [0.3, 0.4) is 0 Å². The average molecular weight is 196 g/mol. The Bertz CT molecular complexity index is 293. The van der Waals surface area contributed by atoms with Gasteiger partial charge in [0.25, 0.3) is 0 Å². The zero-order chi connectivity index (χ0) is 9.97. The van der Waals surface area contributed by atoms with Crippen molar-refractivity contribution in [3.63, 3.8) is 0 Å². The molecule has 2 unspecified atom stereocenters. The van der Waals surface area contributed by atoms with Crippen LogP contribution in [0.4, 0.5) is 0 Å². The van der Waals surface area contributed by atoms with Gasteiger partial charge in [0.1, 0.15) is 0 Å². The summed E-state index contributed by atoms with van der Waals surface area (Å²) in [6.45, 7) is 1.60. The minimum atomic E-state index is 0.110. The molecule has 0 saturated carbocycles. The second-order valence-corrected chi connectivity index (χ2v) is 3.68. The first-order valence-corrected chi connectivity index (χ1v) is 4.84. The molecule has 1 aromatic heterocycles. The molecule has 2 atom stereocenters. The van der Waals surface area contributed by atoms with Crippen molar-refractivity contribution in [3.8, 4) is 0 Å². The highest BCUT2D eigenvalue weighted by atomic mass is 16.5. The monoisotopic (exact) mass is 196 g/mol. The molecule has 1 fully saturated rings. The molecule has 0 bridgehead atoms. The van der Waals surface area contributed by atoms with Crippen molar-refractivity contribution >= 4 is 0 Å². The van der Waals surface area contributed by atoms with Gasteiger partial charge in [0.2, 0.25) is 0 Å². The van der Waals surface area contributed by atoms with Gasteiger partial charge >= 0.3 is 0 Å². The Morgan fingerprint density at radius 2 is 2.64 bits per heavy atom. The fraction of sp³-hybridized carbons (Fsp3) is 0.667. The van der Waals surface area contributed by atoms with Crippen molar-refractivity contribution in [3.05, 3.63) is 18.0 Å². The van der Waals surface area contributed by atoms with Crippen LogP contribution < -0.4 is 11.3 Å². The van der Waals surface area contributed by atoms with E-state index in [9.17, 15) is 0 Å². The number of hydrogen-bond acceptors (Lipinski definition) is 4. The Morgan fingerprint density at radius 3 is 3.14 bits per heavy atom. The fourth-order valence-corrected chi connectivity index (χ4v) is 1.88. The molecule has 0 aromatic carbocycles. The van der Waals surface area contributed by atoms with E-state index in [2.05, 4.69) is 10.5 Å². The molecule has 78 valence electrons.